The molecule has 0 aliphatic carbocycles. The second kappa shape index (κ2) is 5.96. The molecule has 0 aliphatic rings. The fourth-order valence-corrected chi connectivity index (χ4v) is 3.13. The molecular weight excluding hydrogens is 380 g/mol. The molecule has 1 unspecified atom stereocenters. The molecule has 19 heavy (non-hydrogen) atoms. The van der Waals surface area contributed by atoms with Crippen LogP contribution in [0.3, 0.4) is 0 Å². The van der Waals surface area contributed by atoms with Crippen molar-refractivity contribution in [3.05, 3.63) is 67.6 Å². The summed E-state index contributed by atoms with van der Waals surface area (Å²) in [4.78, 5) is 0. The van der Waals surface area contributed by atoms with Crippen molar-refractivity contribution in [3.63, 3.8) is 0 Å². The maximum absolute atomic E-state index is 13.3. The first kappa shape index (κ1) is 15.0. The van der Waals surface area contributed by atoms with Gasteiger partial charge in [0.2, 0.25) is 0 Å². The standard InChI is InChI=1S/C13H6BrCl3F2/c14-6-1-2-7(9(15)3-6)13(17)8-4-11(18)12(19)5-10(8)16/h1-5,13H. The summed E-state index contributed by atoms with van der Waals surface area (Å²) >= 11 is 21.5. The number of halogens is 6. The van der Waals surface area contributed by atoms with Crippen molar-refractivity contribution in [2.45, 2.75) is 5.38 Å². The van der Waals surface area contributed by atoms with Crippen LogP contribution in [0.4, 0.5) is 8.78 Å². The van der Waals surface area contributed by atoms with E-state index in [9.17, 15) is 8.78 Å². The van der Waals surface area contributed by atoms with Crippen LogP contribution in [0.5, 0.6) is 0 Å². The molecule has 0 N–H and O–H groups in total. The summed E-state index contributed by atoms with van der Waals surface area (Å²) in [7, 11) is 0. The van der Waals surface area contributed by atoms with Crippen LogP contribution in [0, 0.1) is 11.6 Å². The minimum atomic E-state index is -1.01. The van der Waals surface area contributed by atoms with Crippen molar-refractivity contribution in [2.24, 2.45) is 0 Å². The van der Waals surface area contributed by atoms with Crippen molar-refractivity contribution in [1.82, 2.24) is 0 Å². The summed E-state index contributed by atoms with van der Waals surface area (Å²) in [6, 6.07) is 6.99. The summed E-state index contributed by atoms with van der Waals surface area (Å²) < 4.78 is 27.1. The third kappa shape index (κ3) is 3.22. The predicted molar refractivity (Wildman–Crippen MR) is 78.2 cm³/mol. The fraction of sp³-hybridized carbons (Fsp3) is 0.0769. The van der Waals surface area contributed by atoms with Gasteiger partial charge >= 0.3 is 0 Å². The zero-order valence-electron chi connectivity index (χ0n) is 9.23. The molecule has 1 atom stereocenters. The minimum absolute atomic E-state index is 0.0536. The van der Waals surface area contributed by atoms with E-state index in [0.29, 0.717) is 10.6 Å². The molecule has 0 bridgehead atoms. The largest absolute Gasteiger partial charge is 0.204 e. The van der Waals surface area contributed by atoms with Crippen LogP contribution in [0.15, 0.2) is 34.8 Å². The summed E-state index contributed by atoms with van der Waals surface area (Å²) in [5.74, 6) is -2.02. The van der Waals surface area contributed by atoms with E-state index >= 15 is 0 Å². The first-order chi connectivity index (χ1) is 8.90. The van der Waals surface area contributed by atoms with Crippen LogP contribution < -0.4 is 0 Å². The summed E-state index contributed by atoms with van der Waals surface area (Å²) in [5, 5.41) is -0.295. The van der Waals surface area contributed by atoms with Gasteiger partial charge in [0.25, 0.3) is 0 Å². The zero-order chi connectivity index (χ0) is 14.2. The quantitative estimate of drug-likeness (QED) is 0.416. The van der Waals surface area contributed by atoms with Crippen molar-refractivity contribution in [2.75, 3.05) is 0 Å². The van der Waals surface area contributed by atoms with Gasteiger partial charge in [0.05, 0.1) is 5.38 Å². The lowest BCUT2D eigenvalue weighted by Crippen LogP contribution is -1.98. The van der Waals surface area contributed by atoms with Crippen molar-refractivity contribution < 1.29 is 8.78 Å². The predicted octanol–water partition coefficient (Wildman–Crippen LogP) is 6.36. The molecule has 6 heteroatoms. The number of rotatable bonds is 2. The van der Waals surface area contributed by atoms with E-state index in [-0.39, 0.29) is 10.6 Å². The lowest BCUT2D eigenvalue weighted by atomic mass is 10.0. The maximum atomic E-state index is 13.3. The Morgan fingerprint density at radius 1 is 0.895 bits per heavy atom. The van der Waals surface area contributed by atoms with E-state index in [1.807, 2.05) is 0 Å². The third-order valence-electron chi connectivity index (χ3n) is 2.55. The van der Waals surface area contributed by atoms with E-state index in [4.69, 9.17) is 34.8 Å². The van der Waals surface area contributed by atoms with E-state index in [0.717, 1.165) is 16.6 Å². The minimum Gasteiger partial charge on any atom is -0.204 e. The van der Waals surface area contributed by atoms with Crippen molar-refractivity contribution in [1.29, 1.82) is 0 Å². The monoisotopic (exact) mass is 384 g/mol. The molecule has 0 spiro atoms. The molecule has 0 heterocycles. The normalized spacial score (nSPS) is 12.5. The second-order valence-corrected chi connectivity index (χ2v) is 5.98. The first-order valence-corrected chi connectivity index (χ1v) is 7.12. The molecule has 2 rings (SSSR count). The van der Waals surface area contributed by atoms with Crippen LogP contribution in [0.25, 0.3) is 0 Å². The molecule has 0 saturated heterocycles. The van der Waals surface area contributed by atoms with Gasteiger partial charge in [-0.3, -0.25) is 0 Å². The van der Waals surface area contributed by atoms with Crippen molar-refractivity contribution in [3.8, 4) is 0 Å². The highest BCUT2D eigenvalue weighted by Crippen LogP contribution is 2.38. The van der Waals surface area contributed by atoms with Gasteiger partial charge in [-0.15, -0.1) is 11.6 Å². The molecule has 0 fully saturated rings. The van der Waals surface area contributed by atoms with Gasteiger partial charge in [-0.2, -0.15) is 0 Å². The Morgan fingerprint density at radius 2 is 1.47 bits per heavy atom. The molecule has 0 nitrogen and oxygen atoms in total. The highest BCUT2D eigenvalue weighted by Gasteiger charge is 2.19. The van der Waals surface area contributed by atoms with Gasteiger partial charge in [-0.1, -0.05) is 45.2 Å². The number of hydrogen-bond acceptors (Lipinski definition) is 0. The summed E-state index contributed by atoms with van der Waals surface area (Å²) in [5.41, 5.74) is 0.839. The van der Waals surface area contributed by atoms with Gasteiger partial charge in [0.1, 0.15) is 0 Å². The van der Waals surface area contributed by atoms with E-state index < -0.39 is 17.0 Å². The molecule has 0 aliphatic heterocycles. The Labute approximate surface area is 132 Å². The van der Waals surface area contributed by atoms with E-state index in [1.165, 1.54) is 0 Å². The summed E-state index contributed by atoms with van der Waals surface area (Å²) in [6.07, 6.45) is 0. The van der Waals surface area contributed by atoms with Gasteiger partial charge < -0.3 is 0 Å². The number of hydrogen-bond donors (Lipinski definition) is 0. The van der Waals surface area contributed by atoms with Crippen LogP contribution in [0.2, 0.25) is 10.0 Å². The Bertz CT molecular complexity index is 632. The van der Waals surface area contributed by atoms with Crippen LogP contribution in [-0.2, 0) is 0 Å². The van der Waals surface area contributed by atoms with Gasteiger partial charge in [0.15, 0.2) is 11.6 Å². The Kier molecular flexibility index (Phi) is 4.72. The van der Waals surface area contributed by atoms with Gasteiger partial charge in [0, 0.05) is 14.5 Å². The first-order valence-electron chi connectivity index (χ1n) is 5.13. The molecule has 0 saturated carbocycles. The highest BCUT2D eigenvalue weighted by molar-refractivity contribution is 9.10. The third-order valence-corrected chi connectivity index (χ3v) is 4.17. The average molecular weight is 386 g/mol. The zero-order valence-corrected chi connectivity index (χ0v) is 13.1. The summed E-state index contributed by atoms with van der Waals surface area (Å²) in [6.45, 7) is 0. The molecule has 0 amide bonds. The fourth-order valence-electron chi connectivity index (χ4n) is 1.61. The van der Waals surface area contributed by atoms with Gasteiger partial charge in [-0.25, -0.2) is 8.78 Å². The molecule has 0 radical (unpaired) electrons. The van der Waals surface area contributed by atoms with Gasteiger partial charge in [-0.05, 0) is 35.4 Å². The Morgan fingerprint density at radius 3 is 2.11 bits per heavy atom. The molecule has 0 aromatic heterocycles. The lowest BCUT2D eigenvalue weighted by Gasteiger charge is -2.14. The van der Waals surface area contributed by atoms with Crippen LogP contribution in [-0.4, -0.2) is 0 Å². The van der Waals surface area contributed by atoms with E-state index in [1.54, 1.807) is 18.2 Å². The highest BCUT2D eigenvalue weighted by atomic mass is 79.9. The Hall–Kier alpha value is -0.350. The number of alkyl halides is 1. The molecule has 100 valence electrons. The SMILES string of the molecule is Fc1cc(Cl)c(C(Cl)c2ccc(Br)cc2Cl)cc1F. The second-order valence-electron chi connectivity index (χ2n) is 3.82. The lowest BCUT2D eigenvalue weighted by molar-refractivity contribution is 0.507. The molecule has 2 aromatic carbocycles. The van der Waals surface area contributed by atoms with Crippen LogP contribution in [0.1, 0.15) is 16.5 Å². The average Bonchev–Trinajstić information content (AvgIpc) is 2.33. The molecular formula is C13H6BrCl3F2. The van der Waals surface area contributed by atoms with Crippen LogP contribution >= 0.6 is 50.7 Å². The van der Waals surface area contributed by atoms with Crippen molar-refractivity contribution >= 4 is 50.7 Å². The smallest absolute Gasteiger partial charge is 0.160 e. The topological polar surface area (TPSA) is 0 Å². The molecule has 2 aromatic rings. The Balaban J connectivity index is 2.49. The van der Waals surface area contributed by atoms with E-state index in [2.05, 4.69) is 15.9 Å². The number of benzene rings is 2. The maximum Gasteiger partial charge on any atom is 0.160 e.